The topological polar surface area (TPSA) is 70.4 Å². The summed E-state index contributed by atoms with van der Waals surface area (Å²) < 4.78 is 11.2. The van der Waals surface area contributed by atoms with E-state index in [1.807, 2.05) is 35.7 Å². The van der Waals surface area contributed by atoms with Crippen LogP contribution in [0.2, 0.25) is 0 Å². The number of hydrogen-bond donors (Lipinski definition) is 0. The van der Waals surface area contributed by atoms with Gasteiger partial charge in [-0.1, -0.05) is 36.4 Å². The summed E-state index contributed by atoms with van der Waals surface area (Å²) >= 11 is 1.42. The van der Waals surface area contributed by atoms with Crippen molar-refractivity contribution in [2.45, 2.75) is 6.54 Å². The van der Waals surface area contributed by atoms with Crippen LogP contribution in [0, 0.1) is 0 Å². The summed E-state index contributed by atoms with van der Waals surface area (Å²) in [5.41, 5.74) is 1.52. The normalized spacial score (nSPS) is 11.2. The lowest BCUT2D eigenvalue weighted by molar-refractivity contribution is -0.145. The number of aromatic nitrogens is 2. The number of rotatable bonds is 6. The lowest BCUT2D eigenvalue weighted by Gasteiger charge is -2.07. The SMILES string of the molecule is COCCOC(=O)Cn1cnc2scc(-c3ccc4ccccc4c3)c2c1=O. The number of esters is 1. The molecule has 0 saturated carbocycles. The molecule has 28 heavy (non-hydrogen) atoms. The summed E-state index contributed by atoms with van der Waals surface area (Å²) in [5.74, 6) is -0.497. The van der Waals surface area contributed by atoms with E-state index >= 15 is 0 Å². The molecule has 6 nitrogen and oxygen atoms in total. The zero-order valence-electron chi connectivity index (χ0n) is 15.3. The van der Waals surface area contributed by atoms with Gasteiger partial charge in [0, 0.05) is 18.1 Å². The number of hydrogen-bond acceptors (Lipinski definition) is 6. The number of carbonyl (C=O) groups is 1. The van der Waals surface area contributed by atoms with Gasteiger partial charge in [0.25, 0.3) is 5.56 Å². The fraction of sp³-hybridized carbons (Fsp3) is 0.190. The summed E-state index contributed by atoms with van der Waals surface area (Å²) in [6.45, 7) is 0.285. The Kier molecular flexibility index (Phi) is 5.18. The second-order valence-corrected chi connectivity index (χ2v) is 7.14. The highest BCUT2D eigenvalue weighted by Crippen LogP contribution is 2.32. The van der Waals surface area contributed by atoms with Gasteiger partial charge in [0.1, 0.15) is 18.0 Å². The molecule has 4 aromatic rings. The van der Waals surface area contributed by atoms with Gasteiger partial charge in [-0.2, -0.15) is 0 Å². The van der Waals surface area contributed by atoms with Gasteiger partial charge < -0.3 is 9.47 Å². The largest absolute Gasteiger partial charge is 0.462 e. The van der Waals surface area contributed by atoms with E-state index in [2.05, 4.69) is 17.1 Å². The van der Waals surface area contributed by atoms with Crippen LogP contribution in [-0.4, -0.2) is 35.8 Å². The van der Waals surface area contributed by atoms with Gasteiger partial charge >= 0.3 is 5.97 Å². The molecule has 0 fully saturated rings. The first-order valence-electron chi connectivity index (χ1n) is 8.78. The lowest BCUT2D eigenvalue weighted by atomic mass is 10.0. The zero-order valence-corrected chi connectivity index (χ0v) is 16.1. The van der Waals surface area contributed by atoms with Crippen LogP contribution in [0.5, 0.6) is 0 Å². The Hall–Kier alpha value is -3.03. The fourth-order valence-electron chi connectivity index (χ4n) is 3.07. The average Bonchev–Trinajstić information content (AvgIpc) is 3.15. The zero-order chi connectivity index (χ0) is 19.5. The molecule has 0 bridgehead atoms. The molecule has 0 aliphatic heterocycles. The minimum absolute atomic E-state index is 0.153. The van der Waals surface area contributed by atoms with Gasteiger partial charge in [-0.15, -0.1) is 11.3 Å². The summed E-state index contributed by atoms with van der Waals surface area (Å²) in [6.07, 6.45) is 1.39. The minimum Gasteiger partial charge on any atom is -0.462 e. The second-order valence-electron chi connectivity index (χ2n) is 6.28. The molecular formula is C21H18N2O4S. The predicted octanol–water partition coefficient (Wildman–Crippen LogP) is 3.47. The number of carbonyl (C=O) groups excluding carboxylic acids is 1. The van der Waals surface area contributed by atoms with Gasteiger partial charge in [-0.25, -0.2) is 4.98 Å². The Morgan fingerprint density at radius 1 is 1.14 bits per heavy atom. The average molecular weight is 394 g/mol. The predicted molar refractivity (Wildman–Crippen MR) is 110 cm³/mol. The summed E-state index contributed by atoms with van der Waals surface area (Å²) in [5, 5.41) is 4.70. The molecule has 0 atom stereocenters. The van der Waals surface area contributed by atoms with Crippen molar-refractivity contribution in [1.29, 1.82) is 0 Å². The molecule has 4 rings (SSSR count). The first-order valence-corrected chi connectivity index (χ1v) is 9.65. The molecule has 0 aliphatic carbocycles. The smallest absolute Gasteiger partial charge is 0.326 e. The molecule has 0 N–H and O–H groups in total. The van der Waals surface area contributed by atoms with Crippen LogP contribution < -0.4 is 5.56 Å². The van der Waals surface area contributed by atoms with Crippen LogP contribution in [0.25, 0.3) is 32.1 Å². The van der Waals surface area contributed by atoms with Crippen molar-refractivity contribution in [3.05, 3.63) is 64.5 Å². The molecular weight excluding hydrogens is 376 g/mol. The molecule has 7 heteroatoms. The molecule has 0 spiro atoms. The highest BCUT2D eigenvalue weighted by molar-refractivity contribution is 7.17. The molecule has 142 valence electrons. The van der Waals surface area contributed by atoms with Crippen LogP contribution in [0.3, 0.4) is 0 Å². The highest BCUT2D eigenvalue weighted by atomic mass is 32.1. The number of nitrogens with zero attached hydrogens (tertiary/aromatic N) is 2. The highest BCUT2D eigenvalue weighted by Gasteiger charge is 2.15. The third-order valence-electron chi connectivity index (χ3n) is 4.47. The third kappa shape index (κ3) is 3.54. The van der Waals surface area contributed by atoms with E-state index in [-0.39, 0.29) is 18.7 Å². The fourth-order valence-corrected chi connectivity index (χ4v) is 3.98. The second kappa shape index (κ2) is 7.92. The van der Waals surface area contributed by atoms with Gasteiger partial charge in [0.05, 0.1) is 18.3 Å². The molecule has 0 aliphatic rings. The van der Waals surface area contributed by atoms with Gasteiger partial charge in [-0.05, 0) is 22.4 Å². The first-order chi connectivity index (χ1) is 13.7. The Balaban J connectivity index is 1.72. The van der Waals surface area contributed by atoms with Crippen LogP contribution in [0.4, 0.5) is 0 Å². The van der Waals surface area contributed by atoms with Crippen LogP contribution in [0.1, 0.15) is 0 Å². The van der Waals surface area contributed by atoms with Crippen LogP contribution >= 0.6 is 11.3 Å². The number of benzene rings is 2. The standard InChI is InChI=1S/C21H18N2O4S/c1-26-8-9-27-18(24)11-23-13-22-20-19(21(23)25)17(12-28-20)16-7-6-14-4-2-3-5-15(14)10-16/h2-7,10,12-13H,8-9,11H2,1H3. The molecule has 2 aromatic carbocycles. The van der Waals surface area contributed by atoms with E-state index in [0.717, 1.165) is 21.9 Å². The molecule has 0 amide bonds. The molecule has 0 radical (unpaired) electrons. The monoisotopic (exact) mass is 394 g/mol. The molecule has 2 aromatic heterocycles. The Morgan fingerprint density at radius 2 is 1.96 bits per heavy atom. The van der Waals surface area contributed by atoms with Gasteiger partial charge in [-0.3, -0.25) is 14.2 Å². The van der Waals surface area contributed by atoms with Crippen LogP contribution in [-0.2, 0) is 20.8 Å². The number of fused-ring (bicyclic) bond motifs is 2. The Morgan fingerprint density at radius 3 is 2.79 bits per heavy atom. The third-order valence-corrected chi connectivity index (χ3v) is 5.36. The lowest BCUT2D eigenvalue weighted by Crippen LogP contribution is -2.26. The molecule has 2 heterocycles. The summed E-state index contributed by atoms with van der Waals surface area (Å²) in [7, 11) is 1.53. The first kappa shape index (κ1) is 18.3. The van der Waals surface area contributed by atoms with E-state index in [1.165, 1.54) is 29.3 Å². The number of methoxy groups -OCH3 is 1. The molecule has 0 unspecified atom stereocenters. The van der Waals surface area contributed by atoms with E-state index in [9.17, 15) is 9.59 Å². The quantitative estimate of drug-likeness (QED) is 0.370. The van der Waals surface area contributed by atoms with Crippen molar-refractivity contribution < 1.29 is 14.3 Å². The van der Waals surface area contributed by atoms with E-state index < -0.39 is 5.97 Å². The van der Waals surface area contributed by atoms with Crippen LogP contribution in [0.15, 0.2) is 59.0 Å². The van der Waals surface area contributed by atoms with E-state index in [1.54, 1.807) is 0 Å². The number of thiophene rings is 1. The van der Waals surface area contributed by atoms with Gasteiger partial charge in [0.2, 0.25) is 0 Å². The van der Waals surface area contributed by atoms with Crippen molar-refractivity contribution in [1.82, 2.24) is 9.55 Å². The molecule has 0 saturated heterocycles. The van der Waals surface area contributed by atoms with Crippen molar-refractivity contribution in [3.63, 3.8) is 0 Å². The van der Waals surface area contributed by atoms with Crippen molar-refractivity contribution in [3.8, 4) is 11.1 Å². The van der Waals surface area contributed by atoms with Gasteiger partial charge in [0.15, 0.2) is 0 Å². The maximum absolute atomic E-state index is 13.0. The summed E-state index contributed by atoms with van der Waals surface area (Å²) in [6, 6.07) is 14.2. The Labute approximate surface area is 165 Å². The minimum atomic E-state index is -0.497. The summed E-state index contributed by atoms with van der Waals surface area (Å²) in [4.78, 5) is 30.0. The van der Waals surface area contributed by atoms with Crippen molar-refractivity contribution >= 4 is 38.3 Å². The van der Waals surface area contributed by atoms with E-state index in [4.69, 9.17) is 9.47 Å². The van der Waals surface area contributed by atoms with E-state index in [0.29, 0.717) is 16.8 Å². The maximum Gasteiger partial charge on any atom is 0.326 e. The number of ether oxygens (including phenoxy) is 2. The Bertz CT molecular complexity index is 1210. The van der Waals surface area contributed by atoms with Crippen molar-refractivity contribution in [2.75, 3.05) is 20.3 Å². The maximum atomic E-state index is 13.0. The van der Waals surface area contributed by atoms with Crippen molar-refractivity contribution in [2.24, 2.45) is 0 Å².